The molecule has 0 saturated carbocycles. The molecule has 6 heteroatoms. The van der Waals surface area contributed by atoms with Crippen molar-refractivity contribution in [2.75, 3.05) is 11.2 Å². The van der Waals surface area contributed by atoms with Crippen molar-refractivity contribution in [1.29, 1.82) is 0 Å². The van der Waals surface area contributed by atoms with Crippen molar-refractivity contribution in [3.05, 3.63) is 41.7 Å². The second kappa shape index (κ2) is 6.96. The summed E-state index contributed by atoms with van der Waals surface area (Å²) in [4.78, 5) is 20.6. The zero-order chi connectivity index (χ0) is 17.0. The SMILES string of the molecule is Cc1cc(C)nc(Oc2cccc(NC(=O)C(C)(C)CCl)c2)n1. The maximum absolute atomic E-state index is 12.2. The average molecular weight is 334 g/mol. The van der Waals surface area contributed by atoms with Crippen molar-refractivity contribution in [2.45, 2.75) is 27.7 Å². The lowest BCUT2D eigenvalue weighted by atomic mass is 9.95. The first-order chi connectivity index (χ1) is 10.8. The Hall–Kier alpha value is -2.14. The number of aryl methyl sites for hydroxylation is 2. The molecule has 0 aliphatic heterocycles. The maximum atomic E-state index is 12.2. The van der Waals surface area contributed by atoms with Gasteiger partial charge in [-0.3, -0.25) is 4.79 Å². The van der Waals surface area contributed by atoms with E-state index in [2.05, 4.69) is 15.3 Å². The van der Waals surface area contributed by atoms with E-state index in [4.69, 9.17) is 16.3 Å². The van der Waals surface area contributed by atoms with Crippen LogP contribution in [-0.4, -0.2) is 21.8 Å². The Bertz CT molecular complexity index is 696. The molecule has 0 fully saturated rings. The molecule has 0 aliphatic carbocycles. The first-order valence-electron chi connectivity index (χ1n) is 7.28. The number of amides is 1. The number of halogens is 1. The number of hydrogen-bond donors (Lipinski definition) is 1. The van der Waals surface area contributed by atoms with Crippen molar-refractivity contribution in [1.82, 2.24) is 9.97 Å². The molecule has 0 aliphatic rings. The van der Waals surface area contributed by atoms with Crippen molar-refractivity contribution in [3.63, 3.8) is 0 Å². The van der Waals surface area contributed by atoms with E-state index in [1.807, 2.05) is 19.9 Å². The quantitative estimate of drug-likeness (QED) is 0.837. The second-order valence-corrected chi connectivity index (χ2v) is 6.30. The topological polar surface area (TPSA) is 64.1 Å². The standard InChI is InChI=1S/C17H20ClN3O2/c1-11-8-12(2)20-16(19-11)23-14-7-5-6-13(9-14)21-15(22)17(3,4)10-18/h5-9H,10H2,1-4H3,(H,21,22). The molecule has 1 aromatic heterocycles. The summed E-state index contributed by atoms with van der Waals surface area (Å²) in [6.07, 6.45) is 0. The van der Waals surface area contributed by atoms with Gasteiger partial charge in [0.2, 0.25) is 5.91 Å². The third kappa shape index (κ3) is 4.66. The number of benzene rings is 1. The minimum atomic E-state index is -0.644. The molecule has 1 heterocycles. The molecule has 0 unspecified atom stereocenters. The number of anilines is 1. The van der Waals surface area contributed by atoms with Crippen LogP contribution in [0.5, 0.6) is 11.8 Å². The van der Waals surface area contributed by atoms with Crippen molar-refractivity contribution >= 4 is 23.2 Å². The van der Waals surface area contributed by atoms with E-state index in [1.54, 1.807) is 38.1 Å². The molecule has 0 spiro atoms. The van der Waals surface area contributed by atoms with E-state index in [0.717, 1.165) is 11.4 Å². The predicted octanol–water partition coefficient (Wildman–Crippen LogP) is 4.09. The molecule has 0 radical (unpaired) electrons. The fraction of sp³-hybridized carbons (Fsp3) is 0.353. The highest BCUT2D eigenvalue weighted by molar-refractivity contribution is 6.20. The van der Waals surface area contributed by atoms with E-state index in [0.29, 0.717) is 11.4 Å². The van der Waals surface area contributed by atoms with Crippen LogP contribution in [0.2, 0.25) is 0 Å². The highest BCUT2D eigenvalue weighted by Gasteiger charge is 2.26. The first-order valence-corrected chi connectivity index (χ1v) is 7.81. The zero-order valence-corrected chi connectivity index (χ0v) is 14.4. The Labute approximate surface area is 141 Å². The lowest BCUT2D eigenvalue weighted by Gasteiger charge is -2.20. The van der Waals surface area contributed by atoms with Gasteiger partial charge in [-0.05, 0) is 45.9 Å². The molecule has 1 amide bonds. The average Bonchev–Trinajstić information content (AvgIpc) is 2.46. The summed E-state index contributed by atoms with van der Waals surface area (Å²) in [5.41, 5.74) is 1.66. The van der Waals surface area contributed by atoms with Gasteiger partial charge in [0.25, 0.3) is 0 Å². The van der Waals surface area contributed by atoms with Gasteiger partial charge in [0, 0.05) is 29.0 Å². The van der Waals surface area contributed by atoms with E-state index in [1.165, 1.54) is 0 Å². The van der Waals surface area contributed by atoms with Crippen LogP contribution >= 0.6 is 11.6 Å². The summed E-state index contributed by atoms with van der Waals surface area (Å²) in [6.45, 7) is 7.34. The first kappa shape index (κ1) is 17.2. The Balaban J connectivity index is 2.15. The lowest BCUT2D eigenvalue weighted by Crippen LogP contribution is -2.32. The lowest BCUT2D eigenvalue weighted by molar-refractivity contribution is -0.122. The van der Waals surface area contributed by atoms with Gasteiger partial charge in [-0.15, -0.1) is 11.6 Å². The summed E-state index contributed by atoms with van der Waals surface area (Å²) >= 11 is 5.82. The van der Waals surface area contributed by atoms with Gasteiger partial charge >= 0.3 is 6.01 Å². The molecule has 1 aromatic carbocycles. The third-order valence-corrected chi connectivity index (χ3v) is 3.88. The van der Waals surface area contributed by atoms with E-state index >= 15 is 0 Å². The van der Waals surface area contributed by atoms with Crippen molar-refractivity contribution < 1.29 is 9.53 Å². The number of alkyl halides is 1. The van der Waals surface area contributed by atoms with E-state index in [-0.39, 0.29) is 17.8 Å². The largest absolute Gasteiger partial charge is 0.424 e. The van der Waals surface area contributed by atoms with Gasteiger partial charge in [0.05, 0.1) is 5.41 Å². The minimum Gasteiger partial charge on any atom is -0.424 e. The van der Waals surface area contributed by atoms with E-state index < -0.39 is 5.41 Å². The summed E-state index contributed by atoms with van der Waals surface area (Å²) < 4.78 is 5.67. The molecule has 23 heavy (non-hydrogen) atoms. The summed E-state index contributed by atoms with van der Waals surface area (Å²) in [6, 6.07) is 9.25. The van der Waals surface area contributed by atoms with Crippen LogP contribution in [-0.2, 0) is 4.79 Å². The molecule has 0 atom stereocenters. The van der Waals surface area contributed by atoms with Crippen LogP contribution in [0, 0.1) is 19.3 Å². The smallest absolute Gasteiger partial charge is 0.322 e. The van der Waals surface area contributed by atoms with Crippen LogP contribution in [0.1, 0.15) is 25.2 Å². The van der Waals surface area contributed by atoms with Crippen LogP contribution in [0.3, 0.4) is 0 Å². The highest BCUT2D eigenvalue weighted by Crippen LogP contribution is 2.24. The van der Waals surface area contributed by atoms with Crippen LogP contribution in [0.25, 0.3) is 0 Å². The fourth-order valence-electron chi connectivity index (χ4n) is 1.84. The van der Waals surface area contributed by atoms with Crippen LogP contribution in [0.15, 0.2) is 30.3 Å². The molecule has 1 N–H and O–H groups in total. The van der Waals surface area contributed by atoms with Gasteiger partial charge < -0.3 is 10.1 Å². The van der Waals surface area contributed by atoms with Gasteiger partial charge in [0.1, 0.15) is 5.75 Å². The van der Waals surface area contributed by atoms with Crippen LogP contribution in [0.4, 0.5) is 5.69 Å². The Kier molecular flexibility index (Phi) is 5.21. The number of nitrogens with zero attached hydrogens (tertiary/aromatic N) is 2. The molecule has 2 rings (SSSR count). The Morgan fingerprint density at radius 2 is 1.87 bits per heavy atom. The molecule has 122 valence electrons. The molecule has 0 bridgehead atoms. The van der Waals surface area contributed by atoms with Gasteiger partial charge in [-0.2, -0.15) is 0 Å². The zero-order valence-electron chi connectivity index (χ0n) is 13.7. The Morgan fingerprint density at radius 1 is 1.22 bits per heavy atom. The molecule has 0 saturated heterocycles. The van der Waals surface area contributed by atoms with Gasteiger partial charge in [-0.25, -0.2) is 9.97 Å². The second-order valence-electron chi connectivity index (χ2n) is 6.03. The number of nitrogens with one attached hydrogen (secondary N) is 1. The van der Waals surface area contributed by atoms with E-state index in [9.17, 15) is 4.79 Å². The molecule has 5 nitrogen and oxygen atoms in total. The highest BCUT2D eigenvalue weighted by atomic mass is 35.5. The Morgan fingerprint density at radius 3 is 2.48 bits per heavy atom. The number of carbonyl (C=O) groups excluding carboxylic acids is 1. The molecule has 2 aromatic rings. The number of carbonyl (C=O) groups is 1. The number of ether oxygens (including phenoxy) is 1. The fourth-order valence-corrected chi connectivity index (χ4v) is 1.96. The summed E-state index contributed by atoms with van der Waals surface area (Å²) in [7, 11) is 0. The van der Waals surface area contributed by atoms with Crippen LogP contribution < -0.4 is 10.1 Å². The van der Waals surface area contributed by atoms with Gasteiger partial charge in [0.15, 0.2) is 0 Å². The van der Waals surface area contributed by atoms with Crippen molar-refractivity contribution in [2.24, 2.45) is 5.41 Å². The minimum absolute atomic E-state index is 0.146. The number of rotatable bonds is 5. The molecular formula is C17H20ClN3O2. The van der Waals surface area contributed by atoms with Crippen molar-refractivity contribution in [3.8, 4) is 11.8 Å². The molecular weight excluding hydrogens is 314 g/mol. The number of hydrogen-bond acceptors (Lipinski definition) is 4. The monoisotopic (exact) mass is 333 g/mol. The predicted molar refractivity (Wildman–Crippen MR) is 91.2 cm³/mol. The summed E-state index contributed by atoms with van der Waals surface area (Å²) in [5.74, 6) is 0.648. The summed E-state index contributed by atoms with van der Waals surface area (Å²) in [5, 5.41) is 2.84. The third-order valence-electron chi connectivity index (χ3n) is 3.21. The van der Waals surface area contributed by atoms with Gasteiger partial charge in [-0.1, -0.05) is 6.07 Å². The normalized spacial score (nSPS) is 11.2. The maximum Gasteiger partial charge on any atom is 0.322 e. The number of aromatic nitrogens is 2.